The van der Waals surface area contributed by atoms with Gasteiger partial charge < -0.3 is 10.2 Å². The zero-order valence-electron chi connectivity index (χ0n) is 22.3. The third-order valence-corrected chi connectivity index (χ3v) is 9.40. The van der Waals surface area contributed by atoms with Gasteiger partial charge in [0.2, 0.25) is 0 Å². The molecule has 0 heterocycles. The van der Waals surface area contributed by atoms with Gasteiger partial charge in [0, 0.05) is 0 Å². The van der Waals surface area contributed by atoms with Crippen LogP contribution in [0.4, 0.5) is 0 Å². The maximum atomic E-state index is 11.4. The van der Waals surface area contributed by atoms with Crippen molar-refractivity contribution in [3.8, 4) is 11.5 Å². The van der Waals surface area contributed by atoms with Crippen LogP contribution in [-0.2, 0) is 11.8 Å². The average molecular weight is 461 g/mol. The smallest absolute Gasteiger partial charge is 0.122 e. The number of phenolic OH excluding ortho intramolecular Hbond substituents is 2. The Morgan fingerprint density at radius 2 is 1.47 bits per heavy atom. The molecule has 0 spiro atoms. The summed E-state index contributed by atoms with van der Waals surface area (Å²) in [6.45, 7) is 15.4. The van der Waals surface area contributed by atoms with Crippen LogP contribution in [0.3, 0.4) is 0 Å². The number of rotatable bonds is 4. The Kier molecular flexibility index (Phi) is 5.81. The van der Waals surface area contributed by atoms with Crippen molar-refractivity contribution in [1.29, 1.82) is 0 Å². The predicted molar refractivity (Wildman–Crippen MR) is 141 cm³/mol. The highest BCUT2D eigenvalue weighted by Crippen LogP contribution is 2.68. The lowest BCUT2D eigenvalue weighted by Crippen LogP contribution is -2.27. The maximum Gasteiger partial charge on any atom is 0.122 e. The van der Waals surface area contributed by atoms with Crippen LogP contribution in [-0.4, -0.2) is 10.2 Å². The van der Waals surface area contributed by atoms with E-state index >= 15 is 0 Å². The molecule has 2 nitrogen and oxygen atoms in total. The van der Waals surface area contributed by atoms with Gasteiger partial charge in [-0.25, -0.2) is 0 Å². The monoisotopic (exact) mass is 460 g/mol. The summed E-state index contributed by atoms with van der Waals surface area (Å²) in [5, 5.41) is 22.8. The lowest BCUT2D eigenvalue weighted by molar-refractivity contribution is 0.213. The molecule has 3 aliphatic rings. The van der Waals surface area contributed by atoms with Gasteiger partial charge in [0.1, 0.15) is 11.5 Å². The molecule has 0 aromatic heterocycles. The van der Waals surface area contributed by atoms with Crippen LogP contribution in [0.2, 0.25) is 0 Å². The molecule has 2 aromatic carbocycles. The van der Waals surface area contributed by atoms with E-state index in [0.717, 1.165) is 29.4 Å². The summed E-state index contributed by atoms with van der Waals surface area (Å²) >= 11 is 0. The second kappa shape index (κ2) is 8.32. The van der Waals surface area contributed by atoms with Crippen molar-refractivity contribution in [2.24, 2.45) is 29.6 Å². The number of phenols is 2. The molecule has 3 saturated carbocycles. The number of benzene rings is 2. The van der Waals surface area contributed by atoms with Gasteiger partial charge in [-0.2, -0.15) is 0 Å². The summed E-state index contributed by atoms with van der Waals surface area (Å²) in [6, 6.07) is 8.90. The van der Waals surface area contributed by atoms with Crippen molar-refractivity contribution in [3.63, 3.8) is 0 Å². The number of hydrogen-bond acceptors (Lipinski definition) is 2. The van der Waals surface area contributed by atoms with Crippen molar-refractivity contribution >= 4 is 0 Å². The van der Waals surface area contributed by atoms with Gasteiger partial charge >= 0.3 is 0 Å². The van der Waals surface area contributed by atoms with Crippen LogP contribution in [0.25, 0.3) is 0 Å². The minimum atomic E-state index is -0.0692. The van der Waals surface area contributed by atoms with Gasteiger partial charge in [-0.3, -0.25) is 0 Å². The first-order valence-electron chi connectivity index (χ1n) is 13.6. The largest absolute Gasteiger partial charge is 0.507 e. The molecule has 6 atom stereocenters. The SMILES string of the molecule is Cc1cc(CC(C)C)c(O)c(C2CC3CC2C2C(c4cc(C)cc(C(C)(C)C)c4O)CCC32)c1. The molecule has 2 N–H and O–H groups in total. The van der Waals surface area contributed by atoms with Crippen LogP contribution >= 0.6 is 0 Å². The van der Waals surface area contributed by atoms with Gasteiger partial charge in [-0.05, 0) is 115 Å². The van der Waals surface area contributed by atoms with Gasteiger partial charge in [-0.1, -0.05) is 70.0 Å². The fourth-order valence-electron chi connectivity index (χ4n) is 8.25. The molecule has 184 valence electrons. The molecular weight excluding hydrogens is 416 g/mol. The molecule has 3 aliphatic carbocycles. The minimum Gasteiger partial charge on any atom is -0.507 e. The standard InChI is InChI=1S/C32H44O2/c1-17(2)10-21-11-18(3)12-27(30(21)33)24-15-20-16-25(24)29-22(20)8-9-23(29)26-13-19(4)14-28(31(26)34)32(5,6)7/h11-14,17,20,22-25,29,33-34H,8-10,15-16H2,1-7H3. The third kappa shape index (κ3) is 3.86. The lowest BCUT2D eigenvalue weighted by Gasteiger charge is -2.36. The Morgan fingerprint density at radius 3 is 2.12 bits per heavy atom. The fraction of sp³-hybridized carbons (Fsp3) is 0.625. The molecule has 2 bridgehead atoms. The Bertz CT molecular complexity index is 1090. The van der Waals surface area contributed by atoms with E-state index in [9.17, 15) is 10.2 Å². The van der Waals surface area contributed by atoms with Crippen LogP contribution in [0, 0.1) is 43.4 Å². The Labute approximate surface area is 206 Å². The molecule has 0 radical (unpaired) electrons. The molecule has 34 heavy (non-hydrogen) atoms. The highest BCUT2D eigenvalue weighted by atomic mass is 16.3. The molecule has 5 rings (SSSR count). The molecule has 0 amide bonds. The predicted octanol–water partition coefficient (Wildman–Crippen LogP) is 8.14. The molecule has 6 unspecified atom stereocenters. The zero-order chi connectivity index (χ0) is 24.5. The normalized spacial score (nSPS) is 30.4. The van der Waals surface area contributed by atoms with Crippen molar-refractivity contribution in [2.45, 2.75) is 97.8 Å². The minimum absolute atomic E-state index is 0.0692. The third-order valence-electron chi connectivity index (χ3n) is 9.40. The van der Waals surface area contributed by atoms with Gasteiger partial charge in [-0.15, -0.1) is 0 Å². The summed E-state index contributed by atoms with van der Waals surface area (Å²) in [4.78, 5) is 0. The van der Waals surface area contributed by atoms with E-state index in [4.69, 9.17) is 0 Å². The van der Waals surface area contributed by atoms with Crippen LogP contribution < -0.4 is 0 Å². The molecule has 0 saturated heterocycles. The topological polar surface area (TPSA) is 40.5 Å². The summed E-state index contributed by atoms with van der Waals surface area (Å²) in [6.07, 6.45) is 5.93. The van der Waals surface area contributed by atoms with E-state index in [2.05, 4.69) is 72.7 Å². The second-order valence-corrected chi connectivity index (χ2v) is 13.4. The molecular formula is C32H44O2. The van der Waals surface area contributed by atoms with E-state index in [0.29, 0.717) is 41.1 Å². The molecule has 0 aliphatic heterocycles. The summed E-state index contributed by atoms with van der Waals surface area (Å²) < 4.78 is 0. The van der Waals surface area contributed by atoms with Gasteiger partial charge in [0.05, 0.1) is 0 Å². The van der Waals surface area contributed by atoms with Gasteiger partial charge in [0.15, 0.2) is 0 Å². The second-order valence-electron chi connectivity index (χ2n) is 13.4. The number of hydrogen-bond donors (Lipinski definition) is 2. The van der Waals surface area contributed by atoms with E-state index in [-0.39, 0.29) is 5.41 Å². The Hall–Kier alpha value is -1.96. The highest BCUT2D eigenvalue weighted by Gasteiger charge is 2.58. The Balaban J connectivity index is 1.52. The highest BCUT2D eigenvalue weighted by molar-refractivity contribution is 5.50. The van der Waals surface area contributed by atoms with Crippen LogP contribution in [0.1, 0.15) is 106 Å². The fourth-order valence-corrected chi connectivity index (χ4v) is 8.25. The first kappa shape index (κ1) is 23.8. The average Bonchev–Trinajstić information content (AvgIpc) is 3.43. The van der Waals surface area contributed by atoms with E-state index in [1.807, 2.05) is 0 Å². The molecule has 2 heteroatoms. The van der Waals surface area contributed by atoms with Crippen molar-refractivity contribution in [3.05, 3.63) is 57.6 Å². The van der Waals surface area contributed by atoms with E-state index < -0.39 is 0 Å². The van der Waals surface area contributed by atoms with Crippen molar-refractivity contribution in [1.82, 2.24) is 0 Å². The number of aryl methyl sites for hydroxylation is 2. The lowest BCUT2D eigenvalue weighted by atomic mass is 9.68. The summed E-state index contributed by atoms with van der Waals surface area (Å²) in [5.74, 6) is 5.32. The summed E-state index contributed by atoms with van der Waals surface area (Å²) in [7, 11) is 0. The van der Waals surface area contributed by atoms with E-state index in [1.165, 1.54) is 47.9 Å². The first-order valence-corrected chi connectivity index (χ1v) is 13.6. The van der Waals surface area contributed by atoms with Crippen LogP contribution in [0.15, 0.2) is 24.3 Å². The first-order chi connectivity index (χ1) is 16.0. The number of fused-ring (bicyclic) bond motifs is 5. The quantitative estimate of drug-likeness (QED) is 0.483. The number of aromatic hydroxyl groups is 2. The maximum absolute atomic E-state index is 11.4. The molecule has 3 fully saturated rings. The Morgan fingerprint density at radius 1 is 0.824 bits per heavy atom. The van der Waals surface area contributed by atoms with E-state index in [1.54, 1.807) is 0 Å². The van der Waals surface area contributed by atoms with Crippen LogP contribution in [0.5, 0.6) is 11.5 Å². The molecule has 2 aromatic rings. The van der Waals surface area contributed by atoms with Crippen molar-refractivity contribution < 1.29 is 10.2 Å². The zero-order valence-corrected chi connectivity index (χ0v) is 22.3. The summed E-state index contributed by atoms with van der Waals surface area (Å²) in [5.41, 5.74) is 7.07. The van der Waals surface area contributed by atoms with Gasteiger partial charge in [0.25, 0.3) is 0 Å². The van der Waals surface area contributed by atoms with Crippen molar-refractivity contribution in [2.75, 3.05) is 0 Å².